The van der Waals surface area contributed by atoms with Crippen LogP contribution in [0.15, 0.2) is 6.07 Å². The lowest BCUT2D eigenvalue weighted by Crippen LogP contribution is -2.36. The molecule has 0 radical (unpaired) electrons. The molecule has 0 bridgehead atoms. The Labute approximate surface area is 128 Å². The van der Waals surface area contributed by atoms with Crippen molar-refractivity contribution < 1.29 is 4.74 Å². The minimum absolute atomic E-state index is 0.480. The Morgan fingerprint density at radius 1 is 1.33 bits per heavy atom. The topological polar surface area (TPSA) is 50.3 Å². The molecule has 0 aliphatic carbocycles. The van der Waals surface area contributed by atoms with E-state index in [4.69, 9.17) is 9.72 Å². The maximum atomic E-state index is 5.47. The first-order chi connectivity index (χ1) is 10.3. The molecule has 0 amide bonds. The summed E-state index contributed by atoms with van der Waals surface area (Å²) < 4.78 is 5.47. The third kappa shape index (κ3) is 4.56. The van der Waals surface area contributed by atoms with E-state index in [1.165, 1.54) is 19.3 Å². The molecule has 118 valence electrons. The van der Waals surface area contributed by atoms with Crippen LogP contribution in [0.25, 0.3) is 0 Å². The van der Waals surface area contributed by atoms with Gasteiger partial charge in [-0.25, -0.2) is 9.97 Å². The highest BCUT2D eigenvalue weighted by Gasteiger charge is 2.20. The van der Waals surface area contributed by atoms with E-state index in [1.54, 1.807) is 0 Å². The second kappa shape index (κ2) is 8.17. The molecule has 1 aliphatic rings. The Kier molecular flexibility index (Phi) is 6.23. The van der Waals surface area contributed by atoms with Crippen molar-refractivity contribution in [2.75, 3.05) is 36.5 Å². The lowest BCUT2D eigenvalue weighted by atomic mass is 9.96. The van der Waals surface area contributed by atoms with Crippen molar-refractivity contribution in [3.05, 3.63) is 11.9 Å². The lowest BCUT2D eigenvalue weighted by molar-refractivity contribution is 0.128. The normalized spacial score (nSPS) is 18.8. The van der Waals surface area contributed by atoms with E-state index in [2.05, 4.69) is 35.1 Å². The number of anilines is 2. The number of hydrogen-bond acceptors (Lipinski definition) is 5. The molecule has 2 rings (SSSR count). The van der Waals surface area contributed by atoms with E-state index in [-0.39, 0.29) is 0 Å². The van der Waals surface area contributed by atoms with Gasteiger partial charge in [-0.1, -0.05) is 13.3 Å². The lowest BCUT2D eigenvalue weighted by Gasteiger charge is -2.33. The molecule has 5 heteroatoms. The molecule has 1 atom stereocenters. The van der Waals surface area contributed by atoms with Gasteiger partial charge < -0.3 is 15.0 Å². The molecule has 1 fully saturated rings. The summed E-state index contributed by atoms with van der Waals surface area (Å²) in [5.74, 6) is 3.49. The molecule has 21 heavy (non-hydrogen) atoms. The van der Waals surface area contributed by atoms with Crippen LogP contribution in [0.3, 0.4) is 0 Å². The van der Waals surface area contributed by atoms with Crippen molar-refractivity contribution in [2.45, 2.75) is 46.6 Å². The van der Waals surface area contributed by atoms with Crippen molar-refractivity contribution >= 4 is 11.6 Å². The number of hydrogen-bond donors (Lipinski definition) is 1. The molecule has 2 heterocycles. The van der Waals surface area contributed by atoms with E-state index < -0.39 is 0 Å². The number of rotatable bonds is 7. The highest BCUT2D eigenvalue weighted by molar-refractivity contribution is 5.49. The molecule has 0 spiro atoms. The third-order valence-corrected chi connectivity index (χ3v) is 3.97. The first kappa shape index (κ1) is 16.0. The molecule has 1 aromatic heterocycles. The fourth-order valence-corrected chi connectivity index (χ4v) is 2.78. The summed E-state index contributed by atoms with van der Waals surface area (Å²) >= 11 is 0. The zero-order valence-corrected chi connectivity index (χ0v) is 13.6. The molecule has 1 aliphatic heterocycles. The number of piperidine rings is 1. The van der Waals surface area contributed by atoms with Gasteiger partial charge in [0.25, 0.3) is 0 Å². The van der Waals surface area contributed by atoms with E-state index in [0.29, 0.717) is 13.2 Å². The molecular formula is C16H28N4O. The van der Waals surface area contributed by atoms with Crippen LogP contribution in [-0.2, 0) is 11.3 Å². The Morgan fingerprint density at radius 3 is 2.90 bits per heavy atom. The maximum Gasteiger partial charge on any atom is 0.158 e. The highest BCUT2D eigenvalue weighted by Crippen LogP contribution is 2.25. The Hall–Kier alpha value is -1.36. The molecule has 1 N–H and O–H groups in total. The predicted octanol–water partition coefficient (Wildman–Crippen LogP) is 3.07. The van der Waals surface area contributed by atoms with Gasteiger partial charge in [0.1, 0.15) is 18.2 Å². The molecule has 1 saturated heterocycles. The van der Waals surface area contributed by atoms with E-state index in [1.807, 2.05) is 6.92 Å². The SMILES string of the molecule is CCNc1cc(N2CCCC(CC)C2)nc(COCC)n1. The number of nitrogens with zero attached hydrogens (tertiary/aromatic N) is 3. The quantitative estimate of drug-likeness (QED) is 0.837. The van der Waals surface area contributed by atoms with Gasteiger partial charge in [0, 0.05) is 32.3 Å². The zero-order chi connectivity index (χ0) is 15.1. The van der Waals surface area contributed by atoms with Crippen molar-refractivity contribution in [3.63, 3.8) is 0 Å². The average molecular weight is 292 g/mol. The van der Waals surface area contributed by atoms with Gasteiger partial charge in [0.2, 0.25) is 0 Å². The summed E-state index contributed by atoms with van der Waals surface area (Å²) in [6.07, 6.45) is 3.83. The Morgan fingerprint density at radius 2 is 2.19 bits per heavy atom. The number of aromatic nitrogens is 2. The second-order valence-corrected chi connectivity index (χ2v) is 5.56. The molecule has 1 aromatic rings. The van der Waals surface area contributed by atoms with Crippen LogP contribution in [0, 0.1) is 5.92 Å². The number of ether oxygens (including phenoxy) is 1. The molecule has 0 aromatic carbocycles. The molecule has 0 saturated carbocycles. The molecular weight excluding hydrogens is 264 g/mol. The highest BCUT2D eigenvalue weighted by atomic mass is 16.5. The summed E-state index contributed by atoms with van der Waals surface area (Å²) in [5, 5.41) is 3.30. The van der Waals surface area contributed by atoms with Gasteiger partial charge >= 0.3 is 0 Å². The van der Waals surface area contributed by atoms with Gasteiger partial charge in [-0.2, -0.15) is 0 Å². The molecule has 5 nitrogen and oxygen atoms in total. The zero-order valence-electron chi connectivity index (χ0n) is 13.6. The summed E-state index contributed by atoms with van der Waals surface area (Å²) in [4.78, 5) is 11.6. The Balaban J connectivity index is 2.17. The van der Waals surface area contributed by atoms with Gasteiger partial charge in [0.05, 0.1) is 0 Å². The van der Waals surface area contributed by atoms with E-state index >= 15 is 0 Å². The van der Waals surface area contributed by atoms with Crippen molar-refractivity contribution in [2.24, 2.45) is 5.92 Å². The summed E-state index contributed by atoms with van der Waals surface area (Å²) in [6.45, 7) is 10.6. The standard InChI is InChI=1S/C16H28N4O/c1-4-13-8-7-9-20(11-13)16-10-14(17-5-2)18-15(19-16)12-21-6-3/h10,13H,4-9,11-12H2,1-3H3,(H,17,18,19). The van der Waals surface area contributed by atoms with Crippen LogP contribution in [-0.4, -0.2) is 36.2 Å². The summed E-state index contributed by atoms with van der Waals surface area (Å²) in [6, 6.07) is 2.07. The third-order valence-electron chi connectivity index (χ3n) is 3.97. The van der Waals surface area contributed by atoms with Crippen LogP contribution in [0.2, 0.25) is 0 Å². The fraction of sp³-hybridized carbons (Fsp3) is 0.750. The monoisotopic (exact) mass is 292 g/mol. The second-order valence-electron chi connectivity index (χ2n) is 5.56. The maximum absolute atomic E-state index is 5.47. The van der Waals surface area contributed by atoms with Crippen LogP contribution < -0.4 is 10.2 Å². The summed E-state index contributed by atoms with van der Waals surface area (Å²) in [5.41, 5.74) is 0. The smallest absolute Gasteiger partial charge is 0.158 e. The van der Waals surface area contributed by atoms with Crippen molar-refractivity contribution in [3.8, 4) is 0 Å². The van der Waals surface area contributed by atoms with Crippen LogP contribution in [0.1, 0.15) is 45.9 Å². The first-order valence-electron chi connectivity index (χ1n) is 8.21. The fourth-order valence-electron chi connectivity index (χ4n) is 2.78. The minimum atomic E-state index is 0.480. The van der Waals surface area contributed by atoms with Gasteiger partial charge in [0.15, 0.2) is 5.82 Å². The first-order valence-corrected chi connectivity index (χ1v) is 8.21. The predicted molar refractivity (Wildman–Crippen MR) is 86.8 cm³/mol. The molecule has 1 unspecified atom stereocenters. The van der Waals surface area contributed by atoms with Crippen LogP contribution in [0.5, 0.6) is 0 Å². The number of nitrogens with one attached hydrogen (secondary N) is 1. The van der Waals surface area contributed by atoms with Crippen molar-refractivity contribution in [1.82, 2.24) is 9.97 Å². The minimum Gasteiger partial charge on any atom is -0.374 e. The average Bonchev–Trinajstić information content (AvgIpc) is 2.53. The van der Waals surface area contributed by atoms with Gasteiger partial charge in [-0.15, -0.1) is 0 Å². The van der Waals surface area contributed by atoms with E-state index in [0.717, 1.165) is 43.0 Å². The summed E-state index contributed by atoms with van der Waals surface area (Å²) in [7, 11) is 0. The van der Waals surface area contributed by atoms with Crippen LogP contribution >= 0.6 is 0 Å². The van der Waals surface area contributed by atoms with Gasteiger partial charge in [-0.3, -0.25) is 0 Å². The van der Waals surface area contributed by atoms with Crippen molar-refractivity contribution in [1.29, 1.82) is 0 Å². The largest absolute Gasteiger partial charge is 0.374 e. The van der Waals surface area contributed by atoms with Gasteiger partial charge in [-0.05, 0) is 32.6 Å². The Bertz CT molecular complexity index is 438. The van der Waals surface area contributed by atoms with E-state index in [9.17, 15) is 0 Å². The van der Waals surface area contributed by atoms with Crippen LogP contribution in [0.4, 0.5) is 11.6 Å².